The Labute approximate surface area is 81.1 Å². The Morgan fingerprint density at radius 2 is 2.17 bits per heavy atom. The molecule has 12 heavy (non-hydrogen) atoms. The van der Waals surface area contributed by atoms with Crippen LogP contribution in [-0.4, -0.2) is 0 Å². The first-order valence-electron chi connectivity index (χ1n) is 3.95. The summed E-state index contributed by atoms with van der Waals surface area (Å²) in [7, 11) is 0. The topological polar surface area (TPSA) is 52.0 Å². The van der Waals surface area contributed by atoms with Crippen molar-refractivity contribution in [2.24, 2.45) is 5.73 Å². The van der Waals surface area contributed by atoms with Crippen LogP contribution in [0.1, 0.15) is 24.9 Å². The van der Waals surface area contributed by atoms with Crippen molar-refractivity contribution >= 4 is 21.6 Å². The van der Waals surface area contributed by atoms with Crippen LogP contribution in [0, 0.1) is 0 Å². The van der Waals surface area contributed by atoms with E-state index in [0.29, 0.717) is 0 Å². The van der Waals surface area contributed by atoms with Crippen molar-refractivity contribution in [1.82, 2.24) is 0 Å². The van der Waals surface area contributed by atoms with E-state index >= 15 is 0 Å². The molecular formula is C9H13BrN2. The summed E-state index contributed by atoms with van der Waals surface area (Å²) in [5, 5.41) is 0. The lowest BCUT2D eigenvalue weighted by Crippen LogP contribution is -2.10. The van der Waals surface area contributed by atoms with Crippen LogP contribution in [0.5, 0.6) is 0 Å². The van der Waals surface area contributed by atoms with Crippen LogP contribution >= 0.6 is 15.9 Å². The normalized spacial score (nSPS) is 12.9. The molecule has 0 saturated heterocycles. The summed E-state index contributed by atoms with van der Waals surface area (Å²) in [6.45, 7) is 2.05. The highest BCUT2D eigenvalue weighted by Gasteiger charge is 2.06. The molecule has 0 fully saturated rings. The van der Waals surface area contributed by atoms with Gasteiger partial charge in [-0.2, -0.15) is 0 Å². The fraction of sp³-hybridized carbons (Fsp3) is 0.333. The highest BCUT2D eigenvalue weighted by molar-refractivity contribution is 9.10. The van der Waals surface area contributed by atoms with Crippen LogP contribution in [-0.2, 0) is 0 Å². The van der Waals surface area contributed by atoms with Gasteiger partial charge in [-0.1, -0.05) is 28.9 Å². The van der Waals surface area contributed by atoms with Gasteiger partial charge in [0.1, 0.15) is 0 Å². The minimum atomic E-state index is 0.0538. The molecule has 66 valence electrons. The van der Waals surface area contributed by atoms with Crippen LogP contribution < -0.4 is 11.5 Å². The third-order valence-electron chi connectivity index (χ3n) is 1.89. The standard InChI is InChI=1S/C9H13BrN2/c1-2-8(11)7-4-3-6(10)5-9(7)12/h3-5,8H,2,11-12H2,1H3. The first kappa shape index (κ1) is 9.55. The summed E-state index contributed by atoms with van der Waals surface area (Å²) in [4.78, 5) is 0. The van der Waals surface area contributed by atoms with Crippen LogP contribution in [0.4, 0.5) is 5.69 Å². The molecule has 0 radical (unpaired) electrons. The number of hydrogen-bond acceptors (Lipinski definition) is 2. The van der Waals surface area contributed by atoms with Crippen molar-refractivity contribution in [3.63, 3.8) is 0 Å². The van der Waals surface area contributed by atoms with Gasteiger partial charge < -0.3 is 11.5 Å². The molecule has 0 saturated carbocycles. The molecule has 0 aliphatic carbocycles. The molecule has 2 nitrogen and oxygen atoms in total. The highest BCUT2D eigenvalue weighted by atomic mass is 79.9. The number of rotatable bonds is 2. The van der Waals surface area contributed by atoms with Crippen molar-refractivity contribution in [3.05, 3.63) is 28.2 Å². The van der Waals surface area contributed by atoms with Gasteiger partial charge in [-0.05, 0) is 24.1 Å². The van der Waals surface area contributed by atoms with Crippen molar-refractivity contribution in [2.45, 2.75) is 19.4 Å². The number of benzene rings is 1. The minimum Gasteiger partial charge on any atom is -0.398 e. The van der Waals surface area contributed by atoms with E-state index in [-0.39, 0.29) is 6.04 Å². The van der Waals surface area contributed by atoms with E-state index < -0.39 is 0 Å². The Hall–Kier alpha value is -0.540. The zero-order valence-corrected chi connectivity index (χ0v) is 8.64. The summed E-state index contributed by atoms with van der Waals surface area (Å²) in [5.74, 6) is 0. The smallest absolute Gasteiger partial charge is 0.0373 e. The average molecular weight is 229 g/mol. The molecule has 1 aromatic rings. The van der Waals surface area contributed by atoms with Gasteiger partial charge in [0.05, 0.1) is 0 Å². The van der Waals surface area contributed by atoms with Gasteiger partial charge in [0.2, 0.25) is 0 Å². The third-order valence-corrected chi connectivity index (χ3v) is 2.38. The van der Waals surface area contributed by atoms with E-state index in [1.165, 1.54) is 0 Å². The van der Waals surface area contributed by atoms with Gasteiger partial charge in [-0.3, -0.25) is 0 Å². The molecule has 0 bridgehead atoms. The lowest BCUT2D eigenvalue weighted by molar-refractivity contribution is 0.701. The first-order valence-corrected chi connectivity index (χ1v) is 4.75. The van der Waals surface area contributed by atoms with Crippen molar-refractivity contribution in [2.75, 3.05) is 5.73 Å². The summed E-state index contributed by atoms with van der Waals surface area (Å²) in [5.41, 5.74) is 13.4. The lowest BCUT2D eigenvalue weighted by Gasteiger charge is -2.11. The van der Waals surface area contributed by atoms with E-state index in [1.54, 1.807) is 0 Å². The number of halogens is 1. The van der Waals surface area contributed by atoms with Crippen LogP contribution in [0.2, 0.25) is 0 Å². The largest absolute Gasteiger partial charge is 0.398 e. The van der Waals surface area contributed by atoms with E-state index in [4.69, 9.17) is 11.5 Å². The zero-order valence-electron chi connectivity index (χ0n) is 7.05. The number of nitrogens with two attached hydrogens (primary N) is 2. The van der Waals surface area contributed by atoms with Crippen molar-refractivity contribution in [1.29, 1.82) is 0 Å². The maximum absolute atomic E-state index is 5.85. The maximum Gasteiger partial charge on any atom is 0.0373 e. The first-order chi connectivity index (χ1) is 5.65. The van der Waals surface area contributed by atoms with Crippen LogP contribution in [0.15, 0.2) is 22.7 Å². The predicted molar refractivity (Wildman–Crippen MR) is 55.8 cm³/mol. The molecule has 1 aromatic carbocycles. The molecule has 1 rings (SSSR count). The SMILES string of the molecule is CCC(N)c1ccc(Br)cc1N. The van der Waals surface area contributed by atoms with E-state index in [2.05, 4.69) is 15.9 Å². The number of nitrogen functional groups attached to an aromatic ring is 1. The second-order valence-electron chi connectivity index (χ2n) is 2.79. The fourth-order valence-corrected chi connectivity index (χ4v) is 1.48. The van der Waals surface area contributed by atoms with Crippen LogP contribution in [0.25, 0.3) is 0 Å². The Kier molecular flexibility index (Phi) is 3.12. The monoisotopic (exact) mass is 228 g/mol. The minimum absolute atomic E-state index is 0.0538. The molecule has 0 aromatic heterocycles. The molecule has 1 unspecified atom stereocenters. The van der Waals surface area contributed by atoms with Crippen LogP contribution in [0.3, 0.4) is 0 Å². The second kappa shape index (κ2) is 3.92. The van der Waals surface area contributed by atoms with Crippen molar-refractivity contribution < 1.29 is 0 Å². The maximum atomic E-state index is 5.85. The quantitative estimate of drug-likeness (QED) is 0.765. The molecule has 1 atom stereocenters. The van der Waals surface area contributed by atoms with Gasteiger partial charge in [-0.25, -0.2) is 0 Å². The predicted octanol–water partition coefficient (Wildman–Crippen LogP) is 2.44. The molecule has 0 amide bonds. The van der Waals surface area contributed by atoms with Gasteiger partial charge >= 0.3 is 0 Å². The summed E-state index contributed by atoms with van der Waals surface area (Å²) in [6.07, 6.45) is 0.909. The van der Waals surface area contributed by atoms with E-state index in [9.17, 15) is 0 Å². The van der Waals surface area contributed by atoms with Gasteiger partial charge in [0.15, 0.2) is 0 Å². The van der Waals surface area contributed by atoms with Crippen molar-refractivity contribution in [3.8, 4) is 0 Å². The fourth-order valence-electron chi connectivity index (χ4n) is 1.10. The van der Waals surface area contributed by atoms with Gasteiger partial charge in [-0.15, -0.1) is 0 Å². The van der Waals surface area contributed by atoms with E-state index in [1.807, 2.05) is 25.1 Å². The third kappa shape index (κ3) is 1.99. The number of hydrogen-bond donors (Lipinski definition) is 2. The molecule has 0 spiro atoms. The van der Waals surface area contributed by atoms with Gasteiger partial charge in [0, 0.05) is 16.2 Å². The Bertz CT molecular complexity index is 273. The average Bonchev–Trinajstić information content (AvgIpc) is 2.03. The Balaban J connectivity index is 3.01. The number of anilines is 1. The molecule has 0 heterocycles. The molecule has 4 N–H and O–H groups in total. The zero-order chi connectivity index (χ0) is 9.14. The Morgan fingerprint density at radius 1 is 1.50 bits per heavy atom. The summed E-state index contributed by atoms with van der Waals surface area (Å²) < 4.78 is 0.993. The highest BCUT2D eigenvalue weighted by Crippen LogP contribution is 2.24. The molecule has 3 heteroatoms. The lowest BCUT2D eigenvalue weighted by atomic mass is 10.0. The Morgan fingerprint density at radius 3 is 2.67 bits per heavy atom. The van der Waals surface area contributed by atoms with Gasteiger partial charge in [0.25, 0.3) is 0 Å². The second-order valence-corrected chi connectivity index (χ2v) is 3.70. The molecule has 0 aliphatic rings. The summed E-state index contributed by atoms with van der Waals surface area (Å²) >= 11 is 3.35. The molecular weight excluding hydrogens is 216 g/mol. The van der Waals surface area contributed by atoms with E-state index in [0.717, 1.165) is 22.1 Å². The summed E-state index contributed by atoms with van der Waals surface area (Å²) in [6, 6.07) is 5.86. The molecule has 0 aliphatic heterocycles.